The van der Waals surface area contributed by atoms with Gasteiger partial charge in [0.25, 0.3) is 0 Å². The molecule has 110 valence electrons. The molecule has 0 amide bonds. The van der Waals surface area contributed by atoms with Crippen molar-refractivity contribution >= 4 is 17.3 Å². The number of ether oxygens (including phenoxy) is 1. The molecule has 0 bridgehead atoms. The Morgan fingerprint density at radius 3 is 2.45 bits per heavy atom. The minimum absolute atomic E-state index is 0.0292. The Morgan fingerprint density at radius 1 is 1.09 bits per heavy atom. The molecule has 4 heteroatoms. The second-order valence-electron chi connectivity index (χ2n) is 5.02. The molecule has 22 heavy (non-hydrogen) atoms. The van der Waals surface area contributed by atoms with E-state index in [-0.39, 0.29) is 16.8 Å². The molecule has 0 aliphatic carbocycles. The van der Waals surface area contributed by atoms with Crippen LogP contribution in [-0.4, -0.2) is 13.4 Å². The Hall–Kier alpha value is -2.88. The van der Waals surface area contributed by atoms with E-state index in [0.29, 0.717) is 28.6 Å². The summed E-state index contributed by atoms with van der Waals surface area (Å²) in [5, 5.41) is 0.360. The van der Waals surface area contributed by atoms with Crippen LogP contribution in [-0.2, 0) is 0 Å². The summed E-state index contributed by atoms with van der Waals surface area (Å²) in [5.41, 5.74) is 1.86. The van der Waals surface area contributed by atoms with E-state index in [1.165, 1.54) is 0 Å². The van der Waals surface area contributed by atoms with Crippen LogP contribution >= 0.6 is 0 Å². The Morgan fingerprint density at radius 2 is 1.82 bits per heavy atom. The Kier molecular flexibility index (Phi) is 3.51. The minimum atomic E-state index is -0.338. The van der Waals surface area contributed by atoms with Crippen molar-refractivity contribution in [2.75, 3.05) is 7.11 Å². The SMILES string of the molecule is COc1ccc2c(=O)c(C=O)c(-c3ccc(C)cc3)oc2c1. The molecule has 0 aliphatic heterocycles. The molecule has 0 saturated heterocycles. The first-order valence-corrected chi connectivity index (χ1v) is 6.81. The molecule has 0 saturated carbocycles. The maximum absolute atomic E-state index is 12.5. The molecule has 3 aromatic rings. The number of fused-ring (bicyclic) bond motifs is 1. The van der Waals surface area contributed by atoms with Crippen molar-refractivity contribution in [3.63, 3.8) is 0 Å². The third kappa shape index (κ3) is 2.29. The van der Waals surface area contributed by atoms with E-state index < -0.39 is 0 Å². The van der Waals surface area contributed by atoms with Gasteiger partial charge in [-0.25, -0.2) is 0 Å². The maximum atomic E-state index is 12.5. The van der Waals surface area contributed by atoms with Crippen molar-refractivity contribution in [3.05, 3.63) is 63.8 Å². The minimum Gasteiger partial charge on any atom is -0.497 e. The fourth-order valence-electron chi connectivity index (χ4n) is 2.34. The van der Waals surface area contributed by atoms with Gasteiger partial charge in [-0.05, 0) is 19.1 Å². The highest BCUT2D eigenvalue weighted by Gasteiger charge is 2.16. The van der Waals surface area contributed by atoms with Gasteiger partial charge in [-0.15, -0.1) is 0 Å². The monoisotopic (exact) mass is 294 g/mol. The fourth-order valence-corrected chi connectivity index (χ4v) is 2.34. The largest absolute Gasteiger partial charge is 0.497 e. The third-order valence-corrected chi connectivity index (χ3v) is 3.57. The first-order chi connectivity index (χ1) is 10.6. The lowest BCUT2D eigenvalue weighted by Crippen LogP contribution is -2.10. The summed E-state index contributed by atoms with van der Waals surface area (Å²) in [5.74, 6) is 0.866. The zero-order valence-electron chi connectivity index (χ0n) is 12.3. The van der Waals surface area contributed by atoms with Crippen LogP contribution in [0.2, 0.25) is 0 Å². The summed E-state index contributed by atoms with van der Waals surface area (Å²) >= 11 is 0. The van der Waals surface area contributed by atoms with E-state index in [2.05, 4.69) is 0 Å². The van der Waals surface area contributed by atoms with Gasteiger partial charge < -0.3 is 9.15 Å². The smallest absolute Gasteiger partial charge is 0.203 e. The van der Waals surface area contributed by atoms with Gasteiger partial charge >= 0.3 is 0 Å². The number of methoxy groups -OCH3 is 1. The molecule has 0 aliphatic rings. The summed E-state index contributed by atoms with van der Waals surface area (Å²) in [4.78, 5) is 23.9. The number of hydrogen-bond acceptors (Lipinski definition) is 4. The van der Waals surface area contributed by atoms with Crippen LogP contribution in [0.1, 0.15) is 15.9 Å². The zero-order valence-corrected chi connectivity index (χ0v) is 12.3. The molecule has 0 spiro atoms. The summed E-state index contributed by atoms with van der Waals surface area (Å²) in [6, 6.07) is 12.4. The lowest BCUT2D eigenvalue weighted by atomic mass is 10.0. The second-order valence-corrected chi connectivity index (χ2v) is 5.02. The number of aldehydes is 1. The lowest BCUT2D eigenvalue weighted by Gasteiger charge is -2.08. The highest BCUT2D eigenvalue weighted by molar-refractivity contribution is 5.91. The average Bonchev–Trinajstić information content (AvgIpc) is 2.55. The number of aryl methyl sites for hydroxylation is 1. The molecule has 0 radical (unpaired) electrons. The Labute approximate surface area is 127 Å². The topological polar surface area (TPSA) is 56.5 Å². The van der Waals surface area contributed by atoms with E-state index in [9.17, 15) is 9.59 Å². The highest BCUT2D eigenvalue weighted by atomic mass is 16.5. The van der Waals surface area contributed by atoms with Gasteiger partial charge in [0.15, 0.2) is 6.29 Å². The molecule has 2 aromatic carbocycles. The molecular formula is C18H14O4. The van der Waals surface area contributed by atoms with Crippen LogP contribution in [0.3, 0.4) is 0 Å². The molecule has 1 aromatic heterocycles. The molecule has 0 N–H and O–H groups in total. The molecular weight excluding hydrogens is 280 g/mol. The maximum Gasteiger partial charge on any atom is 0.203 e. The summed E-state index contributed by atoms with van der Waals surface area (Å²) in [6.07, 6.45) is 0.546. The molecule has 3 rings (SSSR count). The van der Waals surface area contributed by atoms with Crippen LogP contribution in [0.15, 0.2) is 51.7 Å². The quantitative estimate of drug-likeness (QED) is 0.693. The van der Waals surface area contributed by atoms with Crippen molar-refractivity contribution in [2.24, 2.45) is 0 Å². The summed E-state index contributed by atoms with van der Waals surface area (Å²) in [6.45, 7) is 1.96. The average molecular weight is 294 g/mol. The van der Waals surface area contributed by atoms with Crippen LogP contribution < -0.4 is 10.2 Å². The van der Waals surface area contributed by atoms with Crippen LogP contribution in [0.4, 0.5) is 0 Å². The van der Waals surface area contributed by atoms with Crippen LogP contribution in [0.25, 0.3) is 22.3 Å². The van der Waals surface area contributed by atoms with E-state index in [1.807, 2.05) is 31.2 Å². The van der Waals surface area contributed by atoms with Gasteiger partial charge in [0.05, 0.1) is 12.5 Å². The van der Waals surface area contributed by atoms with E-state index >= 15 is 0 Å². The van der Waals surface area contributed by atoms with Gasteiger partial charge in [0, 0.05) is 11.6 Å². The van der Waals surface area contributed by atoms with Crippen molar-refractivity contribution in [3.8, 4) is 17.1 Å². The van der Waals surface area contributed by atoms with Crippen molar-refractivity contribution < 1.29 is 13.9 Å². The van der Waals surface area contributed by atoms with Crippen molar-refractivity contribution in [1.29, 1.82) is 0 Å². The van der Waals surface area contributed by atoms with Crippen LogP contribution in [0.5, 0.6) is 5.75 Å². The predicted molar refractivity (Wildman–Crippen MR) is 84.6 cm³/mol. The fraction of sp³-hybridized carbons (Fsp3) is 0.111. The number of rotatable bonds is 3. The van der Waals surface area contributed by atoms with E-state index in [4.69, 9.17) is 9.15 Å². The zero-order chi connectivity index (χ0) is 15.7. The lowest BCUT2D eigenvalue weighted by molar-refractivity contribution is 0.112. The van der Waals surface area contributed by atoms with Gasteiger partial charge in [-0.1, -0.05) is 29.8 Å². The first kappa shape index (κ1) is 14.1. The van der Waals surface area contributed by atoms with Crippen molar-refractivity contribution in [2.45, 2.75) is 6.92 Å². The van der Waals surface area contributed by atoms with Gasteiger partial charge in [-0.3, -0.25) is 9.59 Å². The summed E-state index contributed by atoms with van der Waals surface area (Å²) < 4.78 is 11.0. The van der Waals surface area contributed by atoms with Gasteiger partial charge in [-0.2, -0.15) is 0 Å². The molecule has 4 nitrogen and oxygen atoms in total. The molecule has 0 unspecified atom stereocenters. The Balaban J connectivity index is 2.35. The van der Waals surface area contributed by atoms with Gasteiger partial charge in [0.1, 0.15) is 22.7 Å². The predicted octanol–water partition coefficient (Wildman–Crippen LogP) is 3.59. The normalized spacial score (nSPS) is 10.6. The van der Waals surface area contributed by atoms with Crippen LogP contribution in [0, 0.1) is 6.92 Å². The Bertz CT molecular complexity index is 905. The van der Waals surface area contributed by atoms with Gasteiger partial charge in [0.2, 0.25) is 5.43 Å². The van der Waals surface area contributed by atoms with E-state index in [1.54, 1.807) is 25.3 Å². The third-order valence-electron chi connectivity index (χ3n) is 3.57. The van der Waals surface area contributed by atoms with E-state index in [0.717, 1.165) is 5.56 Å². The second kappa shape index (κ2) is 5.48. The standard InChI is InChI=1S/C18H14O4/c1-11-3-5-12(6-4-11)18-15(10-19)17(20)14-8-7-13(21-2)9-16(14)22-18/h3-10H,1-2H3. The summed E-state index contributed by atoms with van der Waals surface area (Å²) in [7, 11) is 1.54. The molecule has 0 atom stereocenters. The highest BCUT2D eigenvalue weighted by Crippen LogP contribution is 2.27. The number of carbonyl (C=O) groups excluding carboxylic acids is 1. The first-order valence-electron chi connectivity index (χ1n) is 6.81. The van der Waals surface area contributed by atoms with Crippen molar-refractivity contribution in [1.82, 2.24) is 0 Å². The molecule has 1 heterocycles. The number of hydrogen-bond donors (Lipinski definition) is 0. The number of carbonyl (C=O) groups is 1. The molecule has 0 fully saturated rings. The number of benzene rings is 2.